The molecule has 28 heavy (non-hydrogen) atoms. The van der Waals surface area contributed by atoms with Crippen LogP contribution in [0.15, 0.2) is 48.5 Å². The number of halogens is 2. The summed E-state index contributed by atoms with van der Waals surface area (Å²) in [6.45, 7) is 2.12. The van der Waals surface area contributed by atoms with Crippen molar-refractivity contribution in [2.45, 2.75) is 38.8 Å². The number of benzene rings is 2. The van der Waals surface area contributed by atoms with Crippen LogP contribution in [-0.2, 0) is 0 Å². The molecule has 0 unspecified atom stereocenters. The fourth-order valence-corrected chi connectivity index (χ4v) is 3.35. The van der Waals surface area contributed by atoms with Crippen molar-refractivity contribution < 1.29 is 0 Å². The van der Waals surface area contributed by atoms with Crippen LogP contribution in [-0.4, -0.2) is 18.1 Å². The maximum absolute atomic E-state index is 8.20. The molecular formula is C20H26Cl2N6. The molecule has 6 N–H and O–H groups in total. The first-order valence-corrected chi connectivity index (χ1v) is 9.88. The summed E-state index contributed by atoms with van der Waals surface area (Å²) in [5, 5.41) is 17.6. The highest BCUT2D eigenvalue weighted by Crippen LogP contribution is 2.28. The quantitative estimate of drug-likeness (QED) is 0.208. The summed E-state index contributed by atoms with van der Waals surface area (Å²) < 4.78 is 0. The molecule has 6 nitrogen and oxygen atoms in total. The van der Waals surface area contributed by atoms with E-state index in [0.717, 1.165) is 19.3 Å². The minimum Gasteiger partial charge on any atom is -0.370 e. The van der Waals surface area contributed by atoms with Gasteiger partial charge in [-0.1, -0.05) is 43.0 Å². The predicted molar refractivity (Wildman–Crippen MR) is 120 cm³/mol. The first-order chi connectivity index (χ1) is 13.3. The maximum atomic E-state index is 8.20. The molecule has 0 spiro atoms. The van der Waals surface area contributed by atoms with Gasteiger partial charge in [0, 0.05) is 21.4 Å². The predicted octanol–water partition coefficient (Wildman–Crippen LogP) is 5.00. The number of hydrogen-bond donors (Lipinski definition) is 4. The Morgan fingerprint density at radius 1 is 0.821 bits per heavy atom. The van der Waals surface area contributed by atoms with Gasteiger partial charge in [0.05, 0.1) is 0 Å². The number of nitrogens with zero attached hydrogens (tertiary/aromatic N) is 2. The maximum Gasteiger partial charge on any atom is 0.194 e. The molecule has 0 atom stereocenters. The monoisotopic (exact) mass is 420 g/mol. The van der Waals surface area contributed by atoms with Crippen molar-refractivity contribution in [3.63, 3.8) is 0 Å². The first-order valence-electron chi connectivity index (χ1n) is 9.12. The molecule has 0 bridgehead atoms. The normalized spacial score (nSPS) is 11.7. The molecule has 0 radical (unpaired) electrons. The highest BCUT2D eigenvalue weighted by molar-refractivity contribution is 6.31. The molecule has 0 aromatic heterocycles. The summed E-state index contributed by atoms with van der Waals surface area (Å²) >= 11 is 12.0. The van der Waals surface area contributed by atoms with Crippen molar-refractivity contribution in [2.24, 2.45) is 11.5 Å². The van der Waals surface area contributed by atoms with Crippen LogP contribution >= 0.6 is 23.2 Å². The number of guanidine groups is 2. The fourth-order valence-electron chi connectivity index (χ4n) is 3.10. The summed E-state index contributed by atoms with van der Waals surface area (Å²) in [5.41, 5.74) is 13.4. The highest BCUT2D eigenvalue weighted by atomic mass is 35.5. The molecular weight excluding hydrogens is 395 g/mol. The van der Waals surface area contributed by atoms with Gasteiger partial charge in [-0.3, -0.25) is 20.6 Å². The Kier molecular flexibility index (Phi) is 7.96. The number of nitrogens with two attached hydrogens (primary N) is 2. The lowest BCUT2D eigenvalue weighted by atomic mass is 10.1. The van der Waals surface area contributed by atoms with Crippen molar-refractivity contribution >= 4 is 46.5 Å². The highest BCUT2D eigenvalue weighted by Gasteiger charge is 2.29. The number of rotatable bonds is 8. The summed E-state index contributed by atoms with van der Waals surface area (Å²) in [7, 11) is 0. The van der Waals surface area contributed by atoms with E-state index in [-0.39, 0.29) is 11.9 Å². The third-order valence-electron chi connectivity index (χ3n) is 4.39. The van der Waals surface area contributed by atoms with Crippen LogP contribution in [0.25, 0.3) is 0 Å². The molecule has 0 aliphatic heterocycles. The molecule has 0 saturated heterocycles. The van der Waals surface area contributed by atoms with Gasteiger partial charge < -0.3 is 11.5 Å². The van der Waals surface area contributed by atoms with Crippen LogP contribution in [0.3, 0.4) is 0 Å². The summed E-state index contributed by atoms with van der Waals surface area (Å²) in [5.74, 6) is -0.270. The van der Waals surface area contributed by atoms with Crippen LogP contribution < -0.4 is 21.3 Å². The summed E-state index contributed by atoms with van der Waals surface area (Å²) in [6.07, 6.45) is 3.20. The molecule has 0 heterocycles. The van der Waals surface area contributed by atoms with E-state index in [1.165, 1.54) is 0 Å². The van der Waals surface area contributed by atoms with Crippen molar-refractivity contribution in [2.75, 3.05) is 9.80 Å². The minimum absolute atomic E-state index is 0.135. The average molecular weight is 421 g/mol. The number of nitrogens with one attached hydrogen (secondary N) is 2. The largest absolute Gasteiger partial charge is 0.370 e. The lowest BCUT2D eigenvalue weighted by molar-refractivity contribution is 0.563. The second-order valence-corrected chi connectivity index (χ2v) is 7.31. The second kappa shape index (κ2) is 10.2. The zero-order valence-electron chi connectivity index (χ0n) is 15.8. The summed E-state index contributed by atoms with van der Waals surface area (Å²) in [6, 6.07) is 14.2. The average Bonchev–Trinajstić information content (AvgIpc) is 2.64. The van der Waals surface area contributed by atoms with Crippen LogP contribution in [0.4, 0.5) is 11.4 Å². The number of unbranched alkanes of at least 4 members (excludes halogenated alkanes) is 2. The third kappa shape index (κ3) is 5.53. The van der Waals surface area contributed by atoms with E-state index in [1.807, 2.05) is 0 Å². The minimum atomic E-state index is -0.441. The molecule has 0 amide bonds. The Bertz CT molecular complexity index is 728. The van der Waals surface area contributed by atoms with E-state index in [4.69, 9.17) is 45.5 Å². The van der Waals surface area contributed by atoms with Gasteiger partial charge in [0.15, 0.2) is 11.9 Å². The third-order valence-corrected chi connectivity index (χ3v) is 4.89. The van der Waals surface area contributed by atoms with Gasteiger partial charge in [0.25, 0.3) is 0 Å². The Hall–Kier alpha value is -2.44. The van der Waals surface area contributed by atoms with Gasteiger partial charge in [-0.05, 0) is 61.4 Å². The van der Waals surface area contributed by atoms with Crippen molar-refractivity contribution in [3.05, 3.63) is 58.6 Å². The number of anilines is 2. The van der Waals surface area contributed by atoms with E-state index in [1.54, 1.807) is 58.3 Å². The summed E-state index contributed by atoms with van der Waals surface area (Å²) in [4.78, 5) is 3.34. The molecule has 0 saturated carbocycles. The van der Waals surface area contributed by atoms with Crippen LogP contribution in [0.2, 0.25) is 10.0 Å². The van der Waals surface area contributed by atoms with E-state index < -0.39 is 6.17 Å². The van der Waals surface area contributed by atoms with Crippen LogP contribution in [0.1, 0.15) is 32.6 Å². The number of hydrogen-bond acceptors (Lipinski definition) is 2. The van der Waals surface area contributed by atoms with Gasteiger partial charge in [-0.15, -0.1) is 0 Å². The van der Waals surface area contributed by atoms with Crippen molar-refractivity contribution in [3.8, 4) is 0 Å². The molecule has 8 heteroatoms. The smallest absolute Gasteiger partial charge is 0.194 e. The van der Waals surface area contributed by atoms with Crippen molar-refractivity contribution in [1.29, 1.82) is 10.8 Å². The molecule has 2 rings (SSSR count). The zero-order chi connectivity index (χ0) is 20.7. The van der Waals surface area contributed by atoms with Gasteiger partial charge >= 0.3 is 0 Å². The molecule has 0 fully saturated rings. The first kappa shape index (κ1) is 21.9. The van der Waals surface area contributed by atoms with Gasteiger partial charge in [-0.2, -0.15) is 0 Å². The SMILES string of the molecule is CCCCCC(N(C(=N)N)c1ccc(Cl)cc1)N(C(=N)N)c1ccc(Cl)cc1. The molecule has 0 aliphatic carbocycles. The molecule has 2 aromatic carbocycles. The Balaban J connectivity index is 2.51. The van der Waals surface area contributed by atoms with E-state index in [9.17, 15) is 0 Å². The van der Waals surface area contributed by atoms with E-state index >= 15 is 0 Å². The lowest BCUT2D eigenvalue weighted by Crippen LogP contribution is -2.57. The molecule has 0 aliphatic rings. The Morgan fingerprint density at radius 3 is 1.54 bits per heavy atom. The lowest BCUT2D eigenvalue weighted by Gasteiger charge is -2.40. The fraction of sp³-hybridized carbons (Fsp3) is 0.300. The molecule has 150 valence electrons. The van der Waals surface area contributed by atoms with Crippen LogP contribution in [0.5, 0.6) is 0 Å². The van der Waals surface area contributed by atoms with Gasteiger partial charge in [0.1, 0.15) is 6.17 Å². The molecule has 2 aromatic rings. The van der Waals surface area contributed by atoms with E-state index in [2.05, 4.69) is 6.92 Å². The zero-order valence-corrected chi connectivity index (χ0v) is 17.3. The van der Waals surface area contributed by atoms with Crippen molar-refractivity contribution in [1.82, 2.24) is 0 Å². The topological polar surface area (TPSA) is 106 Å². The van der Waals surface area contributed by atoms with E-state index in [0.29, 0.717) is 27.8 Å². The second-order valence-electron chi connectivity index (χ2n) is 6.44. The van der Waals surface area contributed by atoms with Gasteiger partial charge in [0.2, 0.25) is 0 Å². The van der Waals surface area contributed by atoms with Crippen LogP contribution in [0, 0.1) is 10.8 Å². The Morgan fingerprint density at radius 2 is 1.21 bits per heavy atom. The Labute approximate surface area is 176 Å². The van der Waals surface area contributed by atoms with Gasteiger partial charge in [-0.25, -0.2) is 0 Å². The standard InChI is InChI=1S/C20H26Cl2N6/c1-2-3-4-5-18(27(19(23)24)16-10-6-14(21)7-11-16)28(20(25)26)17-12-8-15(22)9-13-17/h6-13,18H,2-5H2,1H3,(H3,23,24)(H3,25,26).